The smallest absolute Gasteiger partial charge is 0.338 e. The highest BCUT2D eigenvalue weighted by molar-refractivity contribution is 5.93. The van der Waals surface area contributed by atoms with Gasteiger partial charge >= 0.3 is 5.97 Å². The number of benzene rings is 1. The zero-order valence-corrected chi connectivity index (χ0v) is 8.88. The fourth-order valence-electron chi connectivity index (χ4n) is 1.81. The van der Waals surface area contributed by atoms with Crippen molar-refractivity contribution in [1.29, 1.82) is 0 Å². The fourth-order valence-corrected chi connectivity index (χ4v) is 1.81. The van der Waals surface area contributed by atoms with Gasteiger partial charge in [-0.15, -0.1) is 0 Å². The lowest BCUT2D eigenvalue weighted by atomic mass is 9.99. The van der Waals surface area contributed by atoms with Gasteiger partial charge in [0.15, 0.2) is 0 Å². The van der Waals surface area contributed by atoms with Crippen LogP contribution in [0.3, 0.4) is 0 Å². The number of fused-ring (bicyclic) bond motifs is 1. The normalized spacial score (nSPS) is 13.0. The van der Waals surface area contributed by atoms with Crippen molar-refractivity contribution in [3.8, 4) is 0 Å². The van der Waals surface area contributed by atoms with Crippen molar-refractivity contribution >= 4 is 5.97 Å². The second-order valence-corrected chi connectivity index (χ2v) is 3.62. The van der Waals surface area contributed by atoms with Crippen LogP contribution in [0.15, 0.2) is 18.2 Å². The first-order chi connectivity index (χ1) is 6.83. The molecule has 15 heavy (non-hydrogen) atoms. The van der Waals surface area contributed by atoms with Crippen LogP contribution in [0.1, 0.15) is 41.3 Å². The summed E-state index contributed by atoms with van der Waals surface area (Å²) in [6, 6.07) is 5.88. The standard InChI is InChI=1S/C12H14O2.H2O/c1-2-3-5-9-6-4-7-10-11(9)8-14-12(10)13;/h4,6-7H,2-3,5,8H2,1H3;1H2. The maximum Gasteiger partial charge on any atom is 0.338 e. The third-order valence-corrected chi connectivity index (χ3v) is 2.64. The molecule has 0 fully saturated rings. The van der Waals surface area contributed by atoms with Gasteiger partial charge in [0.1, 0.15) is 6.61 Å². The molecule has 2 rings (SSSR count). The molecule has 0 saturated heterocycles. The van der Waals surface area contributed by atoms with Crippen molar-refractivity contribution in [2.75, 3.05) is 0 Å². The van der Waals surface area contributed by atoms with Crippen LogP contribution < -0.4 is 0 Å². The van der Waals surface area contributed by atoms with Gasteiger partial charge in [-0.2, -0.15) is 0 Å². The van der Waals surface area contributed by atoms with Crippen LogP contribution in [0, 0.1) is 0 Å². The summed E-state index contributed by atoms with van der Waals surface area (Å²) in [6.45, 7) is 2.64. The van der Waals surface area contributed by atoms with Gasteiger partial charge in [-0.25, -0.2) is 4.79 Å². The van der Waals surface area contributed by atoms with Gasteiger partial charge in [-0.3, -0.25) is 0 Å². The summed E-state index contributed by atoms with van der Waals surface area (Å²) in [6.07, 6.45) is 3.40. The molecule has 0 bridgehead atoms. The molecule has 0 saturated carbocycles. The van der Waals surface area contributed by atoms with E-state index in [1.54, 1.807) is 0 Å². The minimum atomic E-state index is -0.168. The highest BCUT2D eigenvalue weighted by atomic mass is 16.5. The number of aryl methyl sites for hydroxylation is 1. The van der Waals surface area contributed by atoms with E-state index in [1.807, 2.05) is 12.1 Å². The molecular formula is C12H16O3. The van der Waals surface area contributed by atoms with E-state index >= 15 is 0 Å². The number of hydrogen-bond acceptors (Lipinski definition) is 2. The summed E-state index contributed by atoms with van der Waals surface area (Å²) in [5.41, 5.74) is 3.14. The van der Waals surface area contributed by atoms with Gasteiger partial charge < -0.3 is 10.2 Å². The predicted molar refractivity (Wildman–Crippen MR) is 57.8 cm³/mol. The fraction of sp³-hybridized carbons (Fsp3) is 0.417. The van der Waals surface area contributed by atoms with E-state index in [1.165, 1.54) is 18.4 Å². The SMILES string of the molecule is CCCCc1cccc2c1COC2=O.O. The van der Waals surface area contributed by atoms with Gasteiger partial charge in [-0.1, -0.05) is 25.5 Å². The van der Waals surface area contributed by atoms with Crippen LogP contribution in [0.2, 0.25) is 0 Å². The van der Waals surface area contributed by atoms with Crippen LogP contribution in [0.4, 0.5) is 0 Å². The molecule has 0 unspecified atom stereocenters. The van der Waals surface area contributed by atoms with E-state index in [2.05, 4.69) is 13.0 Å². The Kier molecular flexibility index (Phi) is 3.86. The molecule has 1 aliphatic heterocycles. The number of ether oxygens (including phenoxy) is 1. The molecule has 0 radical (unpaired) electrons. The molecule has 0 aliphatic carbocycles. The van der Waals surface area contributed by atoms with E-state index < -0.39 is 0 Å². The Morgan fingerprint density at radius 2 is 2.20 bits per heavy atom. The summed E-state index contributed by atoms with van der Waals surface area (Å²) in [5, 5.41) is 0. The molecule has 1 aromatic carbocycles. The Balaban J connectivity index is 0.00000112. The maximum atomic E-state index is 11.3. The van der Waals surface area contributed by atoms with Crippen LogP contribution in [-0.2, 0) is 17.8 Å². The Morgan fingerprint density at radius 1 is 1.40 bits per heavy atom. The first-order valence-electron chi connectivity index (χ1n) is 5.11. The van der Waals surface area contributed by atoms with Gasteiger partial charge in [0.25, 0.3) is 0 Å². The van der Waals surface area contributed by atoms with E-state index in [0.717, 1.165) is 17.5 Å². The number of carbonyl (C=O) groups excluding carboxylic acids is 1. The van der Waals surface area contributed by atoms with E-state index in [0.29, 0.717) is 6.61 Å². The molecule has 0 aromatic heterocycles. The van der Waals surface area contributed by atoms with Crippen molar-refractivity contribution < 1.29 is 15.0 Å². The summed E-state index contributed by atoms with van der Waals surface area (Å²) in [7, 11) is 0. The van der Waals surface area contributed by atoms with Crippen molar-refractivity contribution in [3.05, 3.63) is 34.9 Å². The molecule has 1 aliphatic rings. The zero-order valence-electron chi connectivity index (χ0n) is 8.88. The van der Waals surface area contributed by atoms with Crippen molar-refractivity contribution in [3.63, 3.8) is 0 Å². The van der Waals surface area contributed by atoms with Crippen LogP contribution in [0.25, 0.3) is 0 Å². The number of hydrogen-bond donors (Lipinski definition) is 0. The molecule has 0 atom stereocenters. The highest BCUT2D eigenvalue weighted by Gasteiger charge is 2.22. The third kappa shape index (κ3) is 2.18. The molecule has 1 heterocycles. The molecular weight excluding hydrogens is 192 g/mol. The van der Waals surface area contributed by atoms with Crippen molar-refractivity contribution in [2.45, 2.75) is 32.8 Å². The van der Waals surface area contributed by atoms with E-state index in [-0.39, 0.29) is 11.4 Å². The Hall–Kier alpha value is -1.35. The monoisotopic (exact) mass is 208 g/mol. The Labute approximate surface area is 89.4 Å². The first-order valence-corrected chi connectivity index (χ1v) is 5.11. The van der Waals surface area contributed by atoms with Gasteiger partial charge in [0.2, 0.25) is 0 Å². The van der Waals surface area contributed by atoms with Crippen LogP contribution in [-0.4, -0.2) is 11.4 Å². The second kappa shape index (κ2) is 4.94. The molecule has 82 valence electrons. The number of unbranched alkanes of at least 4 members (excludes halogenated alkanes) is 1. The van der Waals surface area contributed by atoms with Crippen molar-refractivity contribution in [1.82, 2.24) is 0 Å². The molecule has 0 spiro atoms. The summed E-state index contributed by atoms with van der Waals surface area (Å²) in [4.78, 5) is 11.3. The second-order valence-electron chi connectivity index (χ2n) is 3.62. The summed E-state index contributed by atoms with van der Waals surface area (Å²) >= 11 is 0. The van der Waals surface area contributed by atoms with E-state index in [4.69, 9.17) is 4.74 Å². The van der Waals surface area contributed by atoms with Crippen molar-refractivity contribution in [2.24, 2.45) is 0 Å². The lowest BCUT2D eigenvalue weighted by Crippen LogP contribution is -1.95. The minimum Gasteiger partial charge on any atom is -0.457 e. The third-order valence-electron chi connectivity index (χ3n) is 2.64. The lowest BCUT2D eigenvalue weighted by Gasteiger charge is -2.04. The molecule has 0 amide bonds. The lowest BCUT2D eigenvalue weighted by molar-refractivity contribution is 0.0535. The van der Waals surface area contributed by atoms with Crippen LogP contribution in [0.5, 0.6) is 0 Å². The summed E-state index contributed by atoms with van der Waals surface area (Å²) < 4.78 is 5.00. The predicted octanol–water partition coefficient (Wildman–Crippen LogP) is 1.87. The molecule has 1 aromatic rings. The van der Waals surface area contributed by atoms with Gasteiger partial charge in [0.05, 0.1) is 5.56 Å². The number of cyclic esters (lactones) is 1. The zero-order chi connectivity index (χ0) is 9.97. The molecule has 3 nitrogen and oxygen atoms in total. The topological polar surface area (TPSA) is 57.8 Å². The maximum absolute atomic E-state index is 11.3. The number of carbonyl (C=O) groups is 1. The highest BCUT2D eigenvalue weighted by Crippen LogP contribution is 2.24. The summed E-state index contributed by atoms with van der Waals surface area (Å²) in [5.74, 6) is -0.168. The first kappa shape index (κ1) is 11.7. The largest absolute Gasteiger partial charge is 0.457 e. The van der Waals surface area contributed by atoms with Gasteiger partial charge in [0, 0.05) is 5.56 Å². The van der Waals surface area contributed by atoms with Gasteiger partial charge in [-0.05, 0) is 24.5 Å². The Bertz CT molecular complexity index is 358. The quantitative estimate of drug-likeness (QED) is 0.712. The molecule has 3 heteroatoms. The van der Waals surface area contributed by atoms with Crippen LogP contribution >= 0.6 is 0 Å². The minimum absolute atomic E-state index is 0. The number of rotatable bonds is 3. The average Bonchev–Trinajstić information content (AvgIpc) is 2.58. The van der Waals surface area contributed by atoms with E-state index in [9.17, 15) is 4.79 Å². The number of esters is 1. The Morgan fingerprint density at radius 3 is 2.93 bits per heavy atom. The average molecular weight is 208 g/mol. The molecule has 2 N–H and O–H groups in total.